The van der Waals surface area contributed by atoms with Crippen molar-refractivity contribution in [2.45, 2.75) is 101 Å². The van der Waals surface area contributed by atoms with Gasteiger partial charge in [-0.3, -0.25) is 14.1 Å². The average molecular weight is 593 g/mol. The third-order valence-electron chi connectivity index (χ3n) is 9.94. The lowest BCUT2D eigenvalue weighted by Crippen LogP contribution is -2.48. The molecule has 1 aliphatic heterocycles. The maximum absolute atomic E-state index is 13.5. The maximum Gasteiger partial charge on any atom is 0.405 e. The third kappa shape index (κ3) is 4.88. The van der Waals surface area contributed by atoms with Crippen molar-refractivity contribution in [3.63, 3.8) is 0 Å². The van der Waals surface area contributed by atoms with Gasteiger partial charge in [0.05, 0.1) is 12.8 Å². The smallest absolute Gasteiger partial charge is 0.405 e. The molecule has 0 aromatic rings. The fraction of sp³-hybridized carbons (Fsp3) is 0.846. The number of hydrogen-bond acceptors (Lipinski definition) is 10. The van der Waals surface area contributed by atoms with Gasteiger partial charge in [-0.15, -0.1) is 0 Å². The Bertz CT molecular complexity index is 1190. The Morgan fingerprint density at radius 2 is 1.73 bits per heavy atom. The Labute approximate surface area is 230 Å². The van der Waals surface area contributed by atoms with Gasteiger partial charge in [-0.1, -0.05) is 6.92 Å². The number of fused-ring (bicyclic) bond motifs is 9. The molecule has 10 atom stereocenters. The van der Waals surface area contributed by atoms with Crippen LogP contribution in [0.5, 0.6) is 0 Å². The van der Waals surface area contributed by atoms with Gasteiger partial charge in [-0.2, -0.15) is 17.2 Å². The molecule has 0 aromatic heterocycles. The van der Waals surface area contributed by atoms with E-state index in [4.69, 9.17) is 18.8 Å². The van der Waals surface area contributed by atoms with Crippen LogP contribution in [0.2, 0.25) is 0 Å². The van der Waals surface area contributed by atoms with E-state index in [2.05, 4.69) is 4.74 Å². The van der Waals surface area contributed by atoms with Crippen molar-refractivity contribution in [3.05, 3.63) is 0 Å². The molecule has 224 valence electrons. The highest BCUT2D eigenvalue weighted by Gasteiger charge is 2.68. The summed E-state index contributed by atoms with van der Waals surface area (Å²) < 4.78 is 77.7. The summed E-state index contributed by atoms with van der Waals surface area (Å²) in [6.45, 7) is 2.57. The summed E-state index contributed by atoms with van der Waals surface area (Å²) in [7, 11) is -5.83. The number of carbonyl (C=O) groups is 4. The van der Waals surface area contributed by atoms with E-state index in [0.29, 0.717) is 37.0 Å². The SMILES string of the molecule is CCC1(OC(=O)C2CC(OC(=O)CCC(=O)OC(C)C(F)(F)S(=O)(=O)O)C(=O)O2)CC2CC1C1C3CCC(C3)C21. The third-order valence-corrected chi connectivity index (χ3v) is 11.0. The average Bonchev–Trinajstić information content (AvgIpc) is 3.68. The van der Waals surface area contributed by atoms with Crippen LogP contribution in [-0.2, 0) is 48.2 Å². The highest BCUT2D eigenvalue weighted by molar-refractivity contribution is 7.86. The van der Waals surface area contributed by atoms with E-state index in [1.54, 1.807) is 0 Å². The van der Waals surface area contributed by atoms with Crippen molar-refractivity contribution < 1.29 is 59.9 Å². The van der Waals surface area contributed by atoms with Crippen LogP contribution >= 0.6 is 0 Å². The topological polar surface area (TPSA) is 160 Å². The second-order valence-corrected chi connectivity index (χ2v) is 13.4. The summed E-state index contributed by atoms with van der Waals surface area (Å²) in [5, 5.41) is -4.74. The Hall–Kier alpha value is -2.35. The van der Waals surface area contributed by atoms with Crippen molar-refractivity contribution in [1.82, 2.24) is 0 Å². The van der Waals surface area contributed by atoms with Gasteiger partial charge in [-0.25, -0.2) is 9.59 Å². The number of carbonyl (C=O) groups excluding carboxylic acids is 4. The molecule has 1 saturated heterocycles. The molecule has 0 amide bonds. The molecular formula is C26H34F2O11S. The molecule has 0 aromatic carbocycles. The second kappa shape index (κ2) is 10.2. The molecule has 1 heterocycles. The molecule has 14 heteroatoms. The first kappa shape index (κ1) is 29.2. The van der Waals surface area contributed by atoms with Gasteiger partial charge in [0.15, 0.2) is 6.10 Å². The minimum absolute atomic E-state index is 0.254. The summed E-state index contributed by atoms with van der Waals surface area (Å²) in [6.07, 6.45) is -0.486. The number of esters is 4. The molecule has 40 heavy (non-hydrogen) atoms. The number of ether oxygens (including phenoxy) is 4. The molecule has 11 nitrogen and oxygen atoms in total. The van der Waals surface area contributed by atoms with Gasteiger partial charge in [0, 0.05) is 12.3 Å². The largest absolute Gasteiger partial charge is 0.456 e. The summed E-state index contributed by atoms with van der Waals surface area (Å²) in [5.41, 5.74) is -0.585. The van der Waals surface area contributed by atoms with Crippen LogP contribution in [0.1, 0.15) is 71.6 Å². The highest BCUT2D eigenvalue weighted by atomic mass is 32.2. The van der Waals surface area contributed by atoms with Crippen LogP contribution in [0.4, 0.5) is 8.78 Å². The molecule has 5 rings (SSSR count). The first-order valence-corrected chi connectivity index (χ1v) is 15.3. The molecular weight excluding hydrogens is 558 g/mol. The minimum atomic E-state index is -5.83. The predicted molar refractivity (Wildman–Crippen MR) is 129 cm³/mol. The lowest BCUT2D eigenvalue weighted by atomic mass is 9.65. The number of halogens is 2. The van der Waals surface area contributed by atoms with Crippen molar-refractivity contribution in [2.24, 2.45) is 35.5 Å². The molecule has 5 fully saturated rings. The van der Waals surface area contributed by atoms with E-state index >= 15 is 0 Å². The standard InChI is InChI=1S/C26H34F2O11S/c1-3-25(11-15-9-16(25)22-14-5-4-13(8-14)21(15)22)39-24(32)18-10-17(23(31)38-18)37-20(30)7-6-19(29)36-12(2)26(27,28)40(33,34)35/h12-18,21-22H,3-11H2,1-2H3,(H,33,34,35). The molecule has 10 unspecified atom stereocenters. The Morgan fingerprint density at radius 3 is 2.38 bits per heavy atom. The van der Waals surface area contributed by atoms with Gasteiger partial charge >= 0.3 is 39.2 Å². The van der Waals surface area contributed by atoms with Crippen LogP contribution in [0.15, 0.2) is 0 Å². The van der Waals surface area contributed by atoms with Gasteiger partial charge < -0.3 is 18.9 Å². The molecule has 4 saturated carbocycles. The number of cyclic esters (lactones) is 1. The zero-order chi connectivity index (χ0) is 29.2. The van der Waals surface area contributed by atoms with Crippen molar-refractivity contribution in [1.29, 1.82) is 0 Å². The fourth-order valence-electron chi connectivity index (χ4n) is 8.31. The fourth-order valence-corrected chi connectivity index (χ4v) is 8.78. The Morgan fingerprint density at radius 1 is 1.07 bits per heavy atom. The lowest BCUT2D eigenvalue weighted by molar-refractivity contribution is -0.185. The highest BCUT2D eigenvalue weighted by Crippen LogP contribution is 2.70. The van der Waals surface area contributed by atoms with Crippen LogP contribution in [0.3, 0.4) is 0 Å². The second-order valence-electron chi connectivity index (χ2n) is 11.9. The van der Waals surface area contributed by atoms with Crippen LogP contribution < -0.4 is 0 Å². The van der Waals surface area contributed by atoms with Crippen molar-refractivity contribution >= 4 is 34.0 Å². The lowest BCUT2D eigenvalue weighted by Gasteiger charge is -2.45. The van der Waals surface area contributed by atoms with E-state index < -0.39 is 76.0 Å². The molecule has 0 spiro atoms. The molecule has 1 N–H and O–H groups in total. The van der Waals surface area contributed by atoms with Crippen LogP contribution in [0.25, 0.3) is 0 Å². The monoisotopic (exact) mass is 592 g/mol. The molecule has 4 aliphatic carbocycles. The van der Waals surface area contributed by atoms with Gasteiger partial charge in [0.1, 0.15) is 5.60 Å². The number of rotatable bonds is 10. The van der Waals surface area contributed by atoms with E-state index in [9.17, 15) is 36.4 Å². The van der Waals surface area contributed by atoms with E-state index in [1.165, 1.54) is 19.3 Å². The normalized spacial score (nSPS) is 38.6. The molecule has 5 aliphatic rings. The zero-order valence-electron chi connectivity index (χ0n) is 22.3. The summed E-state index contributed by atoms with van der Waals surface area (Å²) in [6, 6.07) is 0. The maximum atomic E-state index is 13.5. The Balaban J connectivity index is 1.10. The molecule has 0 radical (unpaired) electrons. The number of alkyl halides is 2. The summed E-state index contributed by atoms with van der Waals surface area (Å²) >= 11 is 0. The van der Waals surface area contributed by atoms with Crippen LogP contribution in [-0.4, -0.2) is 66.0 Å². The molecule has 4 bridgehead atoms. The predicted octanol–water partition coefficient (Wildman–Crippen LogP) is 2.80. The summed E-state index contributed by atoms with van der Waals surface area (Å²) in [4.78, 5) is 49.3. The summed E-state index contributed by atoms with van der Waals surface area (Å²) in [5.74, 6) is -0.353. The van der Waals surface area contributed by atoms with E-state index in [1.807, 2.05) is 6.92 Å². The van der Waals surface area contributed by atoms with Gasteiger partial charge in [0.25, 0.3) is 0 Å². The Kier molecular flexibility index (Phi) is 7.42. The quantitative estimate of drug-likeness (QED) is 0.172. The van der Waals surface area contributed by atoms with Gasteiger partial charge in [0.2, 0.25) is 12.2 Å². The van der Waals surface area contributed by atoms with Crippen molar-refractivity contribution in [3.8, 4) is 0 Å². The minimum Gasteiger partial charge on any atom is -0.456 e. The number of hydrogen-bond donors (Lipinski definition) is 1. The van der Waals surface area contributed by atoms with Gasteiger partial charge in [-0.05, 0) is 75.0 Å². The first-order chi connectivity index (χ1) is 18.7. The van der Waals surface area contributed by atoms with E-state index in [-0.39, 0.29) is 6.42 Å². The van der Waals surface area contributed by atoms with Crippen LogP contribution in [0, 0.1) is 35.5 Å². The van der Waals surface area contributed by atoms with Crippen molar-refractivity contribution in [2.75, 3.05) is 0 Å². The first-order valence-electron chi connectivity index (χ1n) is 13.8. The zero-order valence-corrected chi connectivity index (χ0v) is 23.1. The van der Waals surface area contributed by atoms with E-state index in [0.717, 1.165) is 24.7 Å².